The van der Waals surface area contributed by atoms with Gasteiger partial charge in [-0.3, -0.25) is 0 Å². The number of rotatable bonds is 4. The summed E-state index contributed by atoms with van der Waals surface area (Å²) in [5.41, 5.74) is 3.71. The average molecular weight is 296 g/mol. The van der Waals surface area contributed by atoms with E-state index in [9.17, 15) is 4.79 Å². The number of nitrogens with one attached hydrogen (secondary N) is 1. The third-order valence-corrected chi connectivity index (χ3v) is 3.31. The minimum absolute atomic E-state index is 0.134. The van der Waals surface area contributed by atoms with Crippen molar-refractivity contribution in [1.29, 1.82) is 0 Å². The van der Waals surface area contributed by atoms with Crippen molar-refractivity contribution in [3.05, 3.63) is 53.9 Å². The van der Waals surface area contributed by atoms with Crippen molar-refractivity contribution >= 4 is 17.0 Å². The molecule has 3 rings (SSSR count). The van der Waals surface area contributed by atoms with Gasteiger partial charge in [0.2, 0.25) is 0 Å². The van der Waals surface area contributed by atoms with Crippen LogP contribution in [0.3, 0.4) is 0 Å². The second-order valence-corrected chi connectivity index (χ2v) is 5.11. The minimum atomic E-state index is -0.445. The van der Waals surface area contributed by atoms with Crippen LogP contribution in [0.2, 0.25) is 0 Å². The number of carbonyl (C=O) groups is 1. The summed E-state index contributed by atoms with van der Waals surface area (Å²) in [4.78, 5) is 19.0. The zero-order valence-electron chi connectivity index (χ0n) is 12.4. The lowest BCUT2D eigenvalue weighted by molar-refractivity contribution is -0.136. The maximum Gasteiger partial charge on any atom is 0.349 e. The average Bonchev–Trinajstić information content (AvgIpc) is 2.96. The number of fused-ring (bicyclic) bond motifs is 1. The first-order chi connectivity index (χ1) is 10.6. The summed E-state index contributed by atoms with van der Waals surface area (Å²) in [7, 11) is 0. The van der Waals surface area contributed by atoms with E-state index in [0.717, 1.165) is 22.2 Å². The first-order valence-electron chi connectivity index (χ1n) is 6.96. The number of imidazole rings is 1. The molecule has 1 heterocycles. The Morgan fingerprint density at radius 3 is 2.91 bits per heavy atom. The van der Waals surface area contributed by atoms with Crippen LogP contribution in [0.15, 0.2) is 42.7 Å². The first kappa shape index (κ1) is 14.1. The number of aryl methyl sites for hydroxylation is 2. The number of carbonyl (C=O) groups excluding carboxylic acids is 1. The summed E-state index contributed by atoms with van der Waals surface area (Å²) >= 11 is 0. The molecule has 1 N–H and O–H groups in total. The Hall–Kier alpha value is -2.82. The largest absolute Gasteiger partial charge is 0.482 e. The Balaban J connectivity index is 1.63. The summed E-state index contributed by atoms with van der Waals surface area (Å²) in [6.07, 6.45) is 1.60. The van der Waals surface area contributed by atoms with Gasteiger partial charge < -0.3 is 14.5 Å². The summed E-state index contributed by atoms with van der Waals surface area (Å²) in [5, 5.41) is 0. The summed E-state index contributed by atoms with van der Waals surface area (Å²) < 4.78 is 10.8. The molecule has 0 atom stereocenters. The number of H-pyrrole nitrogens is 1. The molecule has 0 bridgehead atoms. The molecule has 0 amide bonds. The molecule has 2 aromatic carbocycles. The normalized spacial score (nSPS) is 10.6. The van der Waals surface area contributed by atoms with Crippen LogP contribution in [0.1, 0.15) is 11.1 Å². The van der Waals surface area contributed by atoms with Crippen molar-refractivity contribution in [2.45, 2.75) is 13.8 Å². The van der Waals surface area contributed by atoms with Gasteiger partial charge >= 0.3 is 5.97 Å². The lowest BCUT2D eigenvalue weighted by atomic mass is 10.1. The van der Waals surface area contributed by atoms with Crippen molar-refractivity contribution < 1.29 is 14.3 Å². The molecular weight excluding hydrogens is 280 g/mol. The van der Waals surface area contributed by atoms with Crippen molar-refractivity contribution in [3.63, 3.8) is 0 Å². The predicted octanol–water partition coefficient (Wildman–Crippen LogP) is 3.16. The number of aromatic nitrogens is 2. The quantitative estimate of drug-likeness (QED) is 0.593. The topological polar surface area (TPSA) is 64.2 Å². The van der Waals surface area contributed by atoms with Crippen LogP contribution in [0.25, 0.3) is 11.0 Å². The smallest absolute Gasteiger partial charge is 0.349 e. The van der Waals surface area contributed by atoms with Crippen molar-refractivity contribution in [1.82, 2.24) is 9.97 Å². The molecule has 0 saturated carbocycles. The van der Waals surface area contributed by atoms with E-state index in [2.05, 4.69) is 9.97 Å². The number of nitrogens with zero attached hydrogens (tertiary/aromatic N) is 1. The number of ether oxygens (including phenoxy) is 2. The zero-order chi connectivity index (χ0) is 15.5. The number of esters is 1. The fourth-order valence-corrected chi connectivity index (χ4v) is 2.14. The molecule has 0 aliphatic rings. The van der Waals surface area contributed by atoms with Gasteiger partial charge in [0, 0.05) is 6.07 Å². The van der Waals surface area contributed by atoms with Crippen LogP contribution in [0.5, 0.6) is 11.5 Å². The van der Waals surface area contributed by atoms with Gasteiger partial charge in [0.05, 0.1) is 17.4 Å². The van der Waals surface area contributed by atoms with Gasteiger partial charge in [-0.1, -0.05) is 12.1 Å². The van der Waals surface area contributed by atoms with E-state index in [1.165, 1.54) is 0 Å². The van der Waals surface area contributed by atoms with Gasteiger partial charge in [-0.15, -0.1) is 0 Å². The van der Waals surface area contributed by atoms with Crippen molar-refractivity contribution in [3.8, 4) is 11.5 Å². The van der Waals surface area contributed by atoms with Crippen LogP contribution >= 0.6 is 0 Å². The fourth-order valence-electron chi connectivity index (χ4n) is 2.14. The lowest BCUT2D eigenvalue weighted by Crippen LogP contribution is -2.18. The molecule has 0 spiro atoms. The zero-order valence-corrected chi connectivity index (χ0v) is 12.4. The van der Waals surface area contributed by atoms with Gasteiger partial charge in [-0.2, -0.15) is 0 Å². The number of hydrogen-bond acceptors (Lipinski definition) is 4. The number of hydrogen-bond donors (Lipinski definition) is 1. The number of benzene rings is 2. The predicted molar refractivity (Wildman–Crippen MR) is 83.1 cm³/mol. The van der Waals surface area contributed by atoms with E-state index in [1.54, 1.807) is 24.5 Å². The van der Waals surface area contributed by atoms with Crippen molar-refractivity contribution in [2.75, 3.05) is 6.61 Å². The van der Waals surface area contributed by atoms with Crippen LogP contribution in [0.4, 0.5) is 0 Å². The minimum Gasteiger partial charge on any atom is -0.482 e. The Morgan fingerprint density at radius 1 is 1.18 bits per heavy atom. The van der Waals surface area contributed by atoms with Gasteiger partial charge in [0.1, 0.15) is 11.5 Å². The monoisotopic (exact) mass is 296 g/mol. The maximum atomic E-state index is 11.9. The van der Waals surface area contributed by atoms with E-state index in [1.807, 2.05) is 32.0 Å². The molecule has 1 aromatic heterocycles. The van der Waals surface area contributed by atoms with Crippen LogP contribution in [0, 0.1) is 13.8 Å². The van der Waals surface area contributed by atoms with Crippen LogP contribution in [-0.4, -0.2) is 22.5 Å². The number of aromatic amines is 1. The molecular formula is C17H16N2O3. The van der Waals surface area contributed by atoms with Gasteiger partial charge in [0.15, 0.2) is 6.61 Å². The highest BCUT2D eigenvalue weighted by Gasteiger charge is 2.09. The van der Waals surface area contributed by atoms with Crippen molar-refractivity contribution in [2.24, 2.45) is 0 Å². The van der Waals surface area contributed by atoms with E-state index in [0.29, 0.717) is 11.5 Å². The molecule has 0 saturated heterocycles. The van der Waals surface area contributed by atoms with Gasteiger partial charge in [-0.25, -0.2) is 9.78 Å². The Morgan fingerprint density at radius 2 is 2.05 bits per heavy atom. The standard InChI is InChI=1S/C17H16N2O3/c1-11-3-4-12(2)16(7-11)21-9-17(20)22-13-5-6-14-15(8-13)19-10-18-14/h3-8,10H,9H2,1-2H3,(H,18,19). The van der Waals surface area contributed by atoms with E-state index < -0.39 is 5.97 Å². The molecule has 0 fully saturated rings. The molecule has 112 valence electrons. The van der Waals surface area contributed by atoms with E-state index in [4.69, 9.17) is 9.47 Å². The molecule has 3 aromatic rings. The summed E-state index contributed by atoms with van der Waals surface area (Å²) in [6.45, 7) is 3.78. The molecule has 0 radical (unpaired) electrons. The second-order valence-electron chi connectivity index (χ2n) is 5.11. The molecule has 0 aliphatic heterocycles. The summed E-state index contributed by atoms with van der Waals surface area (Å²) in [6, 6.07) is 11.1. The highest BCUT2D eigenvalue weighted by atomic mass is 16.6. The highest BCUT2D eigenvalue weighted by Crippen LogP contribution is 2.20. The fraction of sp³-hybridized carbons (Fsp3) is 0.176. The second kappa shape index (κ2) is 5.89. The Kier molecular flexibility index (Phi) is 3.78. The summed E-state index contributed by atoms with van der Waals surface area (Å²) in [5.74, 6) is 0.715. The molecule has 0 unspecified atom stereocenters. The molecule has 22 heavy (non-hydrogen) atoms. The SMILES string of the molecule is Cc1ccc(C)c(OCC(=O)Oc2ccc3nc[nH]c3c2)c1. The Bertz CT molecular complexity index is 824. The van der Waals surface area contributed by atoms with E-state index >= 15 is 0 Å². The van der Waals surface area contributed by atoms with Gasteiger partial charge in [0.25, 0.3) is 0 Å². The highest BCUT2D eigenvalue weighted by molar-refractivity contribution is 5.79. The Labute approximate surface area is 127 Å². The third-order valence-electron chi connectivity index (χ3n) is 3.31. The maximum absolute atomic E-state index is 11.9. The first-order valence-corrected chi connectivity index (χ1v) is 6.96. The van der Waals surface area contributed by atoms with E-state index in [-0.39, 0.29) is 6.61 Å². The molecule has 0 aliphatic carbocycles. The molecule has 5 heteroatoms. The van der Waals surface area contributed by atoms with Gasteiger partial charge in [-0.05, 0) is 43.2 Å². The molecule has 5 nitrogen and oxygen atoms in total. The third kappa shape index (κ3) is 3.09. The lowest BCUT2D eigenvalue weighted by Gasteiger charge is -2.09. The van der Waals surface area contributed by atoms with Crippen LogP contribution < -0.4 is 9.47 Å². The van der Waals surface area contributed by atoms with Crippen LogP contribution in [-0.2, 0) is 4.79 Å².